The van der Waals surface area contributed by atoms with E-state index in [4.69, 9.17) is 10.5 Å². The number of carbonyl (C=O) groups is 1. The van der Waals surface area contributed by atoms with Crippen LogP contribution in [0.2, 0.25) is 0 Å². The second-order valence-corrected chi connectivity index (χ2v) is 8.15. The Labute approximate surface area is 195 Å². The van der Waals surface area contributed by atoms with Crippen LogP contribution in [0.4, 0.5) is 4.79 Å². The predicted molar refractivity (Wildman–Crippen MR) is 128 cm³/mol. The summed E-state index contributed by atoms with van der Waals surface area (Å²) in [4.78, 5) is 20.4. The van der Waals surface area contributed by atoms with E-state index in [1.807, 2.05) is 54.7 Å². The minimum Gasteiger partial charge on any atom is -0.444 e. The fraction of sp³-hybridized carbons (Fsp3) is 0.476. The number of rotatable bonds is 4. The Balaban J connectivity index is 0.00000320. The van der Waals surface area contributed by atoms with Crippen LogP contribution in [0.1, 0.15) is 31.9 Å². The van der Waals surface area contributed by atoms with E-state index in [1.165, 1.54) is 5.56 Å². The summed E-state index contributed by atoms with van der Waals surface area (Å²) < 4.78 is 7.32. The minimum atomic E-state index is -0.485. The maximum absolute atomic E-state index is 12.2. The second-order valence-electron chi connectivity index (χ2n) is 8.15. The van der Waals surface area contributed by atoms with Gasteiger partial charge >= 0.3 is 6.09 Å². The first-order valence-corrected chi connectivity index (χ1v) is 9.88. The molecule has 0 unspecified atom stereocenters. The summed E-state index contributed by atoms with van der Waals surface area (Å²) in [7, 11) is 0. The molecule has 8 nitrogen and oxygen atoms in total. The summed E-state index contributed by atoms with van der Waals surface area (Å²) >= 11 is 0. The van der Waals surface area contributed by atoms with Crippen molar-refractivity contribution in [2.24, 2.45) is 10.7 Å². The van der Waals surface area contributed by atoms with E-state index in [0.717, 1.165) is 12.1 Å². The highest BCUT2D eigenvalue weighted by Gasteiger charge is 2.26. The van der Waals surface area contributed by atoms with Gasteiger partial charge in [0.1, 0.15) is 5.60 Å². The molecule has 1 aromatic carbocycles. The highest BCUT2D eigenvalue weighted by Crippen LogP contribution is 2.12. The molecular weight excluding hydrogens is 495 g/mol. The van der Waals surface area contributed by atoms with Gasteiger partial charge in [-0.2, -0.15) is 5.10 Å². The molecule has 1 saturated heterocycles. The van der Waals surface area contributed by atoms with Gasteiger partial charge in [-0.15, -0.1) is 24.0 Å². The number of amides is 1. The van der Waals surface area contributed by atoms with Crippen LogP contribution in [0.15, 0.2) is 47.7 Å². The molecule has 2 heterocycles. The Morgan fingerprint density at radius 2 is 1.80 bits per heavy atom. The van der Waals surface area contributed by atoms with Gasteiger partial charge in [0, 0.05) is 38.6 Å². The van der Waals surface area contributed by atoms with E-state index < -0.39 is 5.60 Å². The smallest absolute Gasteiger partial charge is 0.410 e. The van der Waals surface area contributed by atoms with Gasteiger partial charge in [-0.05, 0) is 38.0 Å². The zero-order valence-corrected chi connectivity index (χ0v) is 20.2. The van der Waals surface area contributed by atoms with Crippen LogP contribution < -0.4 is 5.73 Å². The number of carbonyl (C=O) groups excluding carboxylic acids is 1. The fourth-order valence-corrected chi connectivity index (χ4v) is 3.12. The summed E-state index contributed by atoms with van der Waals surface area (Å²) in [5.41, 5.74) is 7.98. The summed E-state index contributed by atoms with van der Waals surface area (Å²) in [5, 5.41) is 4.24. The van der Waals surface area contributed by atoms with Crippen molar-refractivity contribution in [3.05, 3.63) is 53.9 Å². The molecule has 2 aromatic rings. The maximum Gasteiger partial charge on any atom is 0.410 e. The number of hydrogen-bond donors (Lipinski definition) is 1. The summed E-state index contributed by atoms with van der Waals surface area (Å²) in [6.07, 6.45) is 3.44. The van der Waals surface area contributed by atoms with Crippen molar-refractivity contribution in [2.75, 3.05) is 26.2 Å². The van der Waals surface area contributed by atoms with E-state index in [9.17, 15) is 4.79 Å². The quantitative estimate of drug-likeness (QED) is 0.376. The molecule has 1 aliphatic rings. The van der Waals surface area contributed by atoms with Crippen molar-refractivity contribution in [3.8, 4) is 0 Å². The average molecular weight is 526 g/mol. The fourth-order valence-electron chi connectivity index (χ4n) is 3.12. The van der Waals surface area contributed by atoms with Crippen LogP contribution in [0.5, 0.6) is 0 Å². The molecule has 0 saturated carbocycles. The Morgan fingerprint density at radius 3 is 2.43 bits per heavy atom. The number of ether oxygens (including phenoxy) is 1. The number of hydrogen-bond acceptors (Lipinski definition) is 4. The van der Waals surface area contributed by atoms with Crippen molar-refractivity contribution in [2.45, 2.75) is 39.5 Å². The Kier molecular flexibility index (Phi) is 8.51. The number of nitrogens with zero attached hydrogens (tertiary/aromatic N) is 5. The highest BCUT2D eigenvalue weighted by molar-refractivity contribution is 14.0. The Bertz CT molecular complexity index is 839. The zero-order chi connectivity index (χ0) is 20.9. The van der Waals surface area contributed by atoms with Crippen LogP contribution in [0.25, 0.3) is 0 Å². The first-order valence-electron chi connectivity index (χ1n) is 9.88. The molecule has 1 aromatic heterocycles. The van der Waals surface area contributed by atoms with E-state index in [1.54, 1.807) is 11.1 Å². The molecular formula is C21H31IN6O2. The molecule has 0 bridgehead atoms. The summed E-state index contributed by atoms with van der Waals surface area (Å²) in [6, 6.07) is 10.2. The number of guanidine groups is 1. The topological polar surface area (TPSA) is 89.0 Å². The largest absolute Gasteiger partial charge is 0.444 e. The first kappa shape index (κ1) is 24.0. The monoisotopic (exact) mass is 526 g/mol. The van der Waals surface area contributed by atoms with Gasteiger partial charge in [0.2, 0.25) is 0 Å². The molecule has 0 aliphatic carbocycles. The Hall–Kier alpha value is -2.30. The van der Waals surface area contributed by atoms with E-state index >= 15 is 0 Å². The van der Waals surface area contributed by atoms with Crippen LogP contribution in [-0.2, 0) is 17.8 Å². The van der Waals surface area contributed by atoms with Crippen molar-refractivity contribution in [1.29, 1.82) is 0 Å². The number of aliphatic imine (C=N–C) groups is 1. The third-order valence-corrected chi connectivity index (χ3v) is 4.57. The van der Waals surface area contributed by atoms with Gasteiger partial charge in [0.25, 0.3) is 0 Å². The van der Waals surface area contributed by atoms with Gasteiger partial charge in [-0.3, -0.25) is 4.68 Å². The molecule has 3 rings (SSSR count). The van der Waals surface area contributed by atoms with Crippen LogP contribution in [0.3, 0.4) is 0 Å². The van der Waals surface area contributed by atoms with Gasteiger partial charge in [0.05, 0.1) is 13.1 Å². The van der Waals surface area contributed by atoms with Crippen molar-refractivity contribution >= 4 is 36.0 Å². The van der Waals surface area contributed by atoms with Crippen LogP contribution in [-0.4, -0.2) is 63.4 Å². The van der Waals surface area contributed by atoms with E-state index in [2.05, 4.69) is 22.2 Å². The highest BCUT2D eigenvalue weighted by atomic mass is 127. The van der Waals surface area contributed by atoms with Gasteiger partial charge in [-0.25, -0.2) is 9.79 Å². The van der Waals surface area contributed by atoms with E-state index in [0.29, 0.717) is 38.7 Å². The molecule has 164 valence electrons. The van der Waals surface area contributed by atoms with Gasteiger partial charge in [-0.1, -0.05) is 24.3 Å². The molecule has 1 amide bonds. The van der Waals surface area contributed by atoms with E-state index in [-0.39, 0.29) is 30.1 Å². The van der Waals surface area contributed by atoms with Crippen LogP contribution in [0, 0.1) is 0 Å². The van der Waals surface area contributed by atoms with Crippen molar-refractivity contribution in [3.63, 3.8) is 0 Å². The second kappa shape index (κ2) is 10.6. The van der Waals surface area contributed by atoms with Gasteiger partial charge in [0.15, 0.2) is 5.96 Å². The molecule has 1 fully saturated rings. The van der Waals surface area contributed by atoms with Crippen molar-refractivity contribution in [1.82, 2.24) is 19.6 Å². The third kappa shape index (κ3) is 7.19. The molecule has 1 aliphatic heterocycles. The third-order valence-electron chi connectivity index (χ3n) is 4.57. The SMILES string of the molecule is CC(C)(C)OC(=O)N1CCN(C(N)=NCc2cccc(Cn3cccn3)c2)CC1.I. The lowest BCUT2D eigenvalue weighted by Crippen LogP contribution is -2.53. The molecule has 0 atom stereocenters. The number of benzene rings is 1. The lowest BCUT2D eigenvalue weighted by atomic mass is 10.1. The lowest BCUT2D eigenvalue weighted by molar-refractivity contribution is 0.0186. The van der Waals surface area contributed by atoms with Gasteiger partial charge < -0.3 is 20.3 Å². The standard InChI is InChI=1S/C21H30N6O2.HI/c1-21(2,3)29-20(28)26-12-10-25(11-13-26)19(22)23-15-17-6-4-7-18(14-17)16-27-9-5-8-24-27;/h4-9,14H,10-13,15-16H2,1-3H3,(H2,22,23);1H. The number of aromatic nitrogens is 2. The predicted octanol–water partition coefficient (Wildman–Crippen LogP) is 2.92. The minimum absolute atomic E-state index is 0. The number of piperazine rings is 1. The van der Waals surface area contributed by atoms with Crippen LogP contribution >= 0.6 is 24.0 Å². The lowest BCUT2D eigenvalue weighted by Gasteiger charge is -2.36. The normalized spacial score (nSPS) is 15.0. The average Bonchev–Trinajstić information content (AvgIpc) is 3.18. The maximum atomic E-state index is 12.2. The molecule has 0 radical (unpaired) electrons. The molecule has 30 heavy (non-hydrogen) atoms. The summed E-state index contributed by atoms with van der Waals surface area (Å²) in [5.74, 6) is 0.506. The number of nitrogens with two attached hydrogens (primary N) is 1. The van der Waals surface area contributed by atoms with Crippen molar-refractivity contribution < 1.29 is 9.53 Å². The molecule has 9 heteroatoms. The zero-order valence-electron chi connectivity index (χ0n) is 17.8. The molecule has 0 spiro atoms. The first-order chi connectivity index (χ1) is 13.8. The Morgan fingerprint density at radius 1 is 1.13 bits per heavy atom. The summed E-state index contributed by atoms with van der Waals surface area (Å²) in [6.45, 7) is 9.30. The number of halogens is 1. The molecule has 2 N–H and O–H groups in total.